The second-order valence-corrected chi connectivity index (χ2v) is 8.37. The van der Waals surface area contributed by atoms with E-state index in [1.54, 1.807) is 51.4 Å². The van der Waals surface area contributed by atoms with Crippen LogP contribution in [0.4, 0.5) is 18.9 Å². The molecule has 3 aromatic carbocycles. The molecule has 34 heavy (non-hydrogen) atoms. The van der Waals surface area contributed by atoms with Crippen LogP contribution in [0.5, 0.6) is 11.8 Å². The molecule has 0 aliphatic rings. The standard InChI is InChI=1S/C24H19ClF3N3O3/c1-12-4-6-14(9-15(12)22(32)33)34-23-29-19-10-16(18(25)11-20(19)30-23)13-5-7-21(31(2)3)17(8-13)24(26,27)28/h4-11H,1-3H3,(H,29,30)(H,32,33)/p+1. The Hall–Kier alpha value is -3.72. The Morgan fingerprint density at radius 3 is 2.50 bits per heavy atom. The van der Waals surface area contributed by atoms with Crippen molar-refractivity contribution < 1.29 is 32.8 Å². The van der Waals surface area contributed by atoms with E-state index in [1.807, 2.05) is 0 Å². The number of benzene rings is 3. The number of aromatic nitrogens is 2. The molecule has 4 aromatic rings. The molecule has 10 heteroatoms. The highest BCUT2D eigenvalue weighted by Gasteiger charge is 2.34. The Morgan fingerprint density at radius 2 is 1.85 bits per heavy atom. The number of imidazole rings is 1. The molecule has 0 saturated carbocycles. The molecule has 3 N–H and O–H groups in total. The summed E-state index contributed by atoms with van der Waals surface area (Å²) in [4.78, 5) is 18.8. The van der Waals surface area contributed by atoms with E-state index in [0.717, 1.165) is 6.07 Å². The minimum Gasteiger partial charge on any atom is -0.478 e. The van der Waals surface area contributed by atoms with Crippen LogP contribution in [0.15, 0.2) is 48.5 Å². The van der Waals surface area contributed by atoms with Gasteiger partial charge >= 0.3 is 18.2 Å². The van der Waals surface area contributed by atoms with Gasteiger partial charge in [0.2, 0.25) is 0 Å². The van der Waals surface area contributed by atoms with E-state index in [4.69, 9.17) is 16.3 Å². The monoisotopic (exact) mass is 490 g/mol. The number of carbonyl (C=O) groups is 1. The number of aromatic amines is 2. The minimum absolute atomic E-state index is 0.0520. The molecule has 0 saturated heterocycles. The molecule has 6 nitrogen and oxygen atoms in total. The normalized spacial score (nSPS) is 11.6. The van der Waals surface area contributed by atoms with Gasteiger partial charge in [0, 0.05) is 31.4 Å². The highest BCUT2D eigenvalue weighted by molar-refractivity contribution is 6.34. The van der Waals surface area contributed by atoms with Gasteiger partial charge in [0.1, 0.15) is 5.75 Å². The summed E-state index contributed by atoms with van der Waals surface area (Å²) in [6, 6.07) is 12.2. The Morgan fingerprint density at radius 1 is 1.12 bits per heavy atom. The number of halogens is 4. The Labute approximate surface area is 197 Å². The van der Waals surface area contributed by atoms with Gasteiger partial charge < -0.3 is 14.7 Å². The van der Waals surface area contributed by atoms with Crippen molar-refractivity contribution in [3.05, 3.63) is 70.2 Å². The lowest BCUT2D eigenvalue weighted by Gasteiger charge is -2.20. The fourth-order valence-electron chi connectivity index (χ4n) is 3.66. The number of aromatic carboxylic acids is 1. The van der Waals surface area contributed by atoms with Gasteiger partial charge in [-0.2, -0.15) is 13.2 Å². The average Bonchev–Trinajstić information content (AvgIpc) is 3.14. The molecule has 0 aliphatic carbocycles. The molecule has 0 radical (unpaired) electrons. The molecule has 0 aliphatic heterocycles. The summed E-state index contributed by atoms with van der Waals surface area (Å²) in [5.74, 6) is -0.773. The number of aryl methyl sites for hydroxylation is 1. The second kappa shape index (κ2) is 8.57. The maximum atomic E-state index is 13.6. The quantitative estimate of drug-likeness (QED) is 0.350. The second-order valence-electron chi connectivity index (χ2n) is 7.96. The van der Waals surface area contributed by atoms with Crippen molar-refractivity contribution in [3.63, 3.8) is 0 Å². The topological polar surface area (TPSA) is 79.7 Å². The van der Waals surface area contributed by atoms with Crippen molar-refractivity contribution in [2.24, 2.45) is 0 Å². The molecular weight excluding hydrogens is 471 g/mol. The number of fused-ring (bicyclic) bond motifs is 1. The first-order chi connectivity index (χ1) is 15.9. The molecule has 0 atom stereocenters. The zero-order chi connectivity index (χ0) is 24.8. The molecule has 1 heterocycles. The maximum absolute atomic E-state index is 13.6. The summed E-state index contributed by atoms with van der Waals surface area (Å²) < 4.78 is 46.7. The van der Waals surface area contributed by atoms with E-state index in [-0.39, 0.29) is 22.3 Å². The van der Waals surface area contributed by atoms with Crippen LogP contribution in [-0.4, -0.2) is 30.2 Å². The molecule has 0 fully saturated rings. The number of rotatable bonds is 5. The molecule has 4 rings (SSSR count). The lowest BCUT2D eigenvalue weighted by Crippen LogP contribution is -2.16. The number of hydrogen-bond donors (Lipinski definition) is 2. The van der Waals surface area contributed by atoms with E-state index < -0.39 is 17.7 Å². The van der Waals surface area contributed by atoms with Gasteiger partial charge in [0.05, 0.1) is 16.1 Å². The van der Waals surface area contributed by atoms with Crippen LogP contribution in [0.1, 0.15) is 21.5 Å². The third-order valence-corrected chi connectivity index (χ3v) is 5.67. The van der Waals surface area contributed by atoms with E-state index in [9.17, 15) is 23.1 Å². The van der Waals surface area contributed by atoms with Crippen LogP contribution < -0.4 is 14.6 Å². The Balaban J connectivity index is 1.73. The van der Waals surface area contributed by atoms with Crippen LogP contribution >= 0.6 is 11.6 Å². The summed E-state index contributed by atoms with van der Waals surface area (Å²) in [6.45, 7) is 1.68. The number of carboxylic acids is 1. The smallest absolute Gasteiger partial charge is 0.458 e. The largest absolute Gasteiger partial charge is 0.478 e. The highest BCUT2D eigenvalue weighted by atomic mass is 35.5. The van der Waals surface area contributed by atoms with E-state index in [0.29, 0.717) is 33.5 Å². The van der Waals surface area contributed by atoms with Gasteiger partial charge in [-0.25, -0.2) is 14.8 Å². The van der Waals surface area contributed by atoms with Crippen molar-refractivity contribution in [1.82, 2.24) is 4.98 Å². The zero-order valence-electron chi connectivity index (χ0n) is 18.3. The fourth-order valence-corrected chi connectivity index (χ4v) is 3.93. The van der Waals surface area contributed by atoms with Gasteiger partial charge in [0.15, 0.2) is 11.0 Å². The van der Waals surface area contributed by atoms with Gasteiger partial charge in [-0.15, -0.1) is 0 Å². The van der Waals surface area contributed by atoms with Crippen LogP contribution in [0.25, 0.3) is 22.2 Å². The van der Waals surface area contributed by atoms with E-state index >= 15 is 0 Å². The molecular formula is C24H20ClF3N3O3+. The van der Waals surface area contributed by atoms with Gasteiger partial charge in [0.25, 0.3) is 0 Å². The number of nitrogens with zero attached hydrogens (tertiary/aromatic N) is 1. The van der Waals surface area contributed by atoms with Gasteiger partial charge in [-0.1, -0.05) is 23.7 Å². The zero-order valence-corrected chi connectivity index (χ0v) is 19.1. The first kappa shape index (κ1) is 23.4. The highest BCUT2D eigenvalue weighted by Crippen LogP contribution is 2.40. The summed E-state index contributed by atoms with van der Waals surface area (Å²) >= 11 is 6.42. The number of carboxylic acid groups (broad SMARTS) is 1. The maximum Gasteiger partial charge on any atom is 0.458 e. The van der Waals surface area contributed by atoms with Crippen molar-refractivity contribution in [2.75, 3.05) is 19.0 Å². The Bertz CT molecular complexity index is 1410. The van der Waals surface area contributed by atoms with E-state index in [1.165, 1.54) is 17.0 Å². The first-order valence-electron chi connectivity index (χ1n) is 10.1. The number of nitrogens with one attached hydrogen (secondary N) is 2. The third kappa shape index (κ3) is 4.51. The van der Waals surface area contributed by atoms with Crippen LogP contribution in [-0.2, 0) is 6.18 Å². The number of H-pyrrole nitrogens is 2. The predicted molar refractivity (Wildman–Crippen MR) is 123 cm³/mol. The molecule has 176 valence electrons. The molecule has 0 spiro atoms. The van der Waals surface area contributed by atoms with Crippen LogP contribution in [0.2, 0.25) is 5.02 Å². The van der Waals surface area contributed by atoms with Crippen LogP contribution in [0.3, 0.4) is 0 Å². The van der Waals surface area contributed by atoms with Crippen molar-refractivity contribution in [3.8, 4) is 22.9 Å². The summed E-state index contributed by atoms with van der Waals surface area (Å²) in [6.07, 6.45) is -4.53. The average molecular weight is 491 g/mol. The molecule has 0 bridgehead atoms. The molecule has 1 aromatic heterocycles. The summed E-state index contributed by atoms with van der Waals surface area (Å²) in [5, 5.41) is 9.55. The third-order valence-electron chi connectivity index (χ3n) is 5.36. The van der Waals surface area contributed by atoms with Crippen molar-refractivity contribution in [1.29, 1.82) is 0 Å². The molecule has 0 amide bonds. The predicted octanol–water partition coefficient (Wildman–Crippen LogP) is 6.19. The van der Waals surface area contributed by atoms with Crippen molar-refractivity contribution >= 4 is 34.3 Å². The van der Waals surface area contributed by atoms with Crippen LogP contribution in [0, 0.1) is 6.92 Å². The minimum atomic E-state index is -4.53. The van der Waals surface area contributed by atoms with Gasteiger partial charge in [-0.05, 0) is 48.4 Å². The summed E-state index contributed by atoms with van der Waals surface area (Å²) in [5.41, 5.74) is 1.83. The number of alkyl halides is 3. The van der Waals surface area contributed by atoms with Gasteiger partial charge in [-0.3, -0.25) is 0 Å². The SMILES string of the molecule is Cc1ccc(Oc2[nH]c3cc(Cl)c(-c4ccc(N(C)C)c(C(F)(F)F)c4)cc3[nH+]2)cc1C(=O)O. The first-order valence-corrected chi connectivity index (χ1v) is 10.5. The lowest BCUT2D eigenvalue weighted by molar-refractivity contribution is -0.359. The molecule has 0 unspecified atom stereocenters. The number of anilines is 1. The lowest BCUT2D eigenvalue weighted by atomic mass is 10.0. The number of hydrogen-bond acceptors (Lipinski definition) is 3. The Kier molecular flexibility index (Phi) is 5.91. The van der Waals surface area contributed by atoms with Crippen molar-refractivity contribution in [2.45, 2.75) is 13.1 Å². The fraction of sp³-hybridized carbons (Fsp3) is 0.167. The van der Waals surface area contributed by atoms with E-state index in [2.05, 4.69) is 9.97 Å². The number of ether oxygens (including phenoxy) is 1. The summed E-state index contributed by atoms with van der Waals surface area (Å²) in [7, 11) is 3.10.